The van der Waals surface area contributed by atoms with Crippen LogP contribution in [0, 0.1) is 114 Å². The van der Waals surface area contributed by atoms with Crippen LogP contribution in [-0.2, 0) is 37.2 Å². The Morgan fingerprint density at radius 1 is 0.541 bits per heavy atom. The van der Waals surface area contributed by atoms with Crippen molar-refractivity contribution in [1.29, 1.82) is 15.8 Å². The summed E-state index contributed by atoms with van der Waals surface area (Å²) in [5.74, 6) is -0.0766. The van der Waals surface area contributed by atoms with Crippen LogP contribution < -0.4 is 0 Å². The fraction of sp³-hybridized carbons (Fsp3) is 0.310. The Bertz CT molecular complexity index is 5840. The Balaban J connectivity index is 0.000000145. The van der Waals surface area contributed by atoms with Crippen LogP contribution >= 0.6 is 23.2 Å². The number of aliphatic hydroxyl groups is 2. The molecular weight excluding hydrogens is 1430 g/mol. The monoisotopic (exact) mass is 1520 g/mol. The van der Waals surface area contributed by atoms with Crippen molar-refractivity contribution in [3.05, 3.63) is 234 Å². The van der Waals surface area contributed by atoms with Crippen LogP contribution in [0.15, 0.2) is 135 Å². The topological polar surface area (TPSA) is 236 Å². The number of nitriles is 3. The maximum atomic E-state index is 14.8. The van der Waals surface area contributed by atoms with Gasteiger partial charge >= 0.3 is 5.97 Å². The van der Waals surface area contributed by atoms with Gasteiger partial charge in [0.15, 0.2) is 21.2 Å². The molecule has 1 aliphatic carbocycles. The van der Waals surface area contributed by atoms with Gasteiger partial charge in [-0.3, -0.25) is 14.8 Å². The molecule has 0 atom stereocenters. The van der Waals surface area contributed by atoms with Gasteiger partial charge in [0.25, 0.3) is 0 Å². The third-order valence-corrected chi connectivity index (χ3v) is 23.5. The zero-order chi connectivity index (χ0) is 78.1. The van der Waals surface area contributed by atoms with Crippen LogP contribution in [0.1, 0.15) is 118 Å². The van der Waals surface area contributed by atoms with Gasteiger partial charge in [-0.1, -0.05) is 59.6 Å². The molecule has 2 aliphatic rings. The van der Waals surface area contributed by atoms with Gasteiger partial charge in [-0.15, -0.1) is 0 Å². The molecule has 0 amide bonds. The number of esters is 1. The number of hydrogen-bond donors (Lipinski definition) is 2. The van der Waals surface area contributed by atoms with E-state index < -0.39 is 9.84 Å². The molecule has 22 heteroatoms. The lowest BCUT2D eigenvalue weighted by Crippen LogP contribution is -2.37. The average Bonchev–Trinajstić information content (AvgIpc) is 1.62. The molecule has 109 heavy (non-hydrogen) atoms. The molecule has 7 heterocycles. The Hall–Kier alpha value is -11.0. The summed E-state index contributed by atoms with van der Waals surface area (Å²) in [5, 5.41) is 51.4. The molecule has 0 bridgehead atoms. The first-order valence-corrected chi connectivity index (χ1v) is 38.7. The van der Waals surface area contributed by atoms with E-state index in [4.69, 9.17) is 50.9 Å². The summed E-state index contributed by atoms with van der Waals surface area (Å²) in [5.41, 5.74) is 20.8. The number of nitrogens with zero attached hydrogens (tertiary/aromatic N) is 11. The highest BCUT2D eigenvalue weighted by Crippen LogP contribution is 2.45. The molecule has 6 aromatic heterocycles. The van der Waals surface area contributed by atoms with E-state index in [9.17, 15) is 38.5 Å². The maximum absolute atomic E-state index is 14.8. The zero-order valence-electron chi connectivity index (χ0n) is 62.4. The molecule has 2 fully saturated rings. The molecule has 12 aromatic rings. The molecule has 0 radical (unpaired) electrons. The van der Waals surface area contributed by atoms with Crippen molar-refractivity contribution in [3.8, 4) is 62.7 Å². The summed E-state index contributed by atoms with van der Waals surface area (Å²) in [6.07, 6.45) is 20.6. The summed E-state index contributed by atoms with van der Waals surface area (Å²) in [7, 11) is -1.49. The molecule has 6 aromatic carbocycles. The number of halogens is 3. The third kappa shape index (κ3) is 16.7. The van der Waals surface area contributed by atoms with Crippen LogP contribution in [0.25, 0.3) is 97.8 Å². The van der Waals surface area contributed by atoms with E-state index in [2.05, 4.69) is 63.8 Å². The summed E-state index contributed by atoms with van der Waals surface area (Å²) in [4.78, 5) is 27.8. The molecule has 18 nitrogen and oxygen atoms in total. The minimum atomic E-state index is -2.95. The number of benzene rings is 6. The van der Waals surface area contributed by atoms with Gasteiger partial charge in [-0.25, -0.2) is 22.5 Å². The molecule has 556 valence electrons. The molecule has 1 aliphatic heterocycles. The number of aromatic nitrogens is 6. The van der Waals surface area contributed by atoms with Crippen molar-refractivity contribution < 1.29 is 37.3 Å². The number of carbonyl (C=O) groups excluding carboxylic acids is 1. The van der Waals surface area contributed by atoms with Gasteiger partial charge in [-0.2, -0.15) is 15.8 Å². The van der Waals surface area contributed by atoms with E-state index in [0.717, 1.165) is 160 Å². The Kier molecular flexibility index (Phi) is 25.0. The zero-order valence-corrected chi connectivity index (χ0v) is 64.8. The Morgan fingerprint density at radius 3 is 1.47 bits per heavy atom. The van der Waals surface area contributed by atoms with Gasteiger partial charge < -0.3 is 38.0 Å². The number of ether oxygens (including phenoxy) is 2. The molecule has 1 saturated heterocycles. The Labute approximate surface area is 644 Å². The highest BCUT2D eigenvalue weighted by Gasteiger charge is 2.36. The number of carbonyl (C=O) groups is 1. The number of aryl methyl sites for hydroxylation is 10. The van der Waals surface area contributed by atoms with Crippen LogP contribution in [0.4, 0.5) is 15.8 Å². The van der Waals surface area contributed by atoms with E-state index in [-0.39, 0.29) is 54.5 Å². The van der Waals surface area contributed by atoms with E-state index in [1.807, 2.05) is 138 Å². The van der Waals surface area contributed by atoms with Crippen LogP contribution in [0.5, 0.6) is 0 Å². The fourth-order valence-corrected chi connectivity index (χ4v) is 16.4. The van der Waals surface area contributed by atoms with Crippen molar-refractivity contribution in [2.45, 2.75) is 126 Å². The van der Waals surface area contributed by atoms with Crippen molar-refractivity contribution in [2.75, 3.05) is 45.0 Å². The summed E-state index contributed by atoms with van der Waals surface area (Å²) >= 11 is 13.1. The quantitative estimate of drug-likeness (QED) is 0.0492. The second-order valence-corrected chi connectivity index (χ2v) is 31.0. The SMILES string of the molecule is Cc1cc2c(cc1C#N)c(-c1cccc(C)c1C#N)cn2CCCO.Cc1cc2c(cc1C#N)c(-c1cccc(C)c1F)cn2CCCOCCCO.[C-]#[N+]c1cc2c(-c3cncc(C)c3Cl)cn(C3CCC(C(=O)OC)CC3)c2cc1C.[C-]#[N+]c1cc2c(-c3cncc(C)c3Cl)cn(C3CS(=O)(=O)C3)c2cc1C. The fourth-order valence-electron chi connectivity index (χ4n) is 14.6. The molecule has 1 saturated carbocycles. The van der Waals surface area contributed by atoms with E-state index in [0.29, 0.717) is 81.8 Å². The first-order valence-electron chi connectivity index (χ1n) is 36.1. The van der Waals surface area contributed by atoms with Gasteiger partial charge in [-0.05, 0) is 204 Å². The van der Waals surface area contributed by atoms with Crippen LogP contribution in [0.3, 0.4) is 0 Å². The van der Waals surface area contributed by atoms with E-state index in [1.54, 1.807) is 43.8 Å². The third-order valence-electron chi connectivity index (χ3n) is 20.7. The van der Waals surface area contributed by atoms with Crippen molar-refractivity contribution >= 4 is 94.0 Å². The van der Waals surface area contributed by atoms with Gasteiger partial charge in [0.2, 0.25) is 0 Å². The van der Waals surface area contributed by atoms with Crippen molar-refractivity contribution in [3.63, 3.8) is 0 Å². The number of hydrogen-bond acceptors (Lipinski definition) is 12. The predicted molar refractivity (Wildman–Crippen MR) is 429 cm³/mol. The van der Waals surface area contributed by atoms with Crippen molar-refractivity contribution in [1.82, 2.24) is 28.2 Å². The Morgan fingerprint density at radius 2 is 0.991 bits per heavy atom. The standard InChI is InChI=1S/C24H24ClN3O2.C23H25FN2O2.C21H19N3O.C19H16ClN3O2S/c1-14-9-22-18(10-21(14)26-3)20(19-12-27-11-15(2)23(19)25)13-28(22)17-7-5-16(6-8-17)24(29)30-4;1-16-6-3-7-19(23(16)24)21-15-26(8-4-10-28-11-5-9-27)22-12-17(2)18(14-25)13-20(21)22;1-14-5-3-6-17(19(14)12-23)20-13-24(7-4-8-25)21-9-15(2)16(11-22)10-18(20)21;1-11-4-18-14(5-17(11)21-3)16(15-7-22-6-12(2)19(15)20)8-23(18)13-9-26(24,25)10-13/h9-13,16-17H,5-8H2,1-2,4H3;3,6-7,12-13,15,27H,4-5,8-11H2,1-2H3;3,5-6,9-10,13,25H,4,7-8H2,1-2H3;4-8,13H,9-10H2,1-2H3. The smallest absolute Gasteiger partial charge is 0.308 e. The largest absolute Gasteiger partial charge is 0.469 e. The summed E-state index contributed by atoms with van der Waals surface area (Å²) < 4.78 is 57.1. The summed E-state index contributed by atoms with van der Waals surface area (Å²) in [6.45, 7) is 33.0. The lowest BCUT2D eigenvalue weighted by atomic mass is 9.86. The van der Waals surface area contributed by atoms with Crippen LogP contribution in [-0.4, -0.2) is 97.9 Å². The lowest BCUT2D eigenvalue weighted by molar-refractivity contribution is -0.146. The maximum Gasteiger partial charge on any atom is 0.308 e. The van der Waals surface area contributed by atoms with Crippen molar-refractivity contribution in [2.24, 2.45) is 5.92 Å². The number of rotatable bonds is 17. The number of pyridine rings is 2. The number of methoxy groups -OCH3 is 1. The predicted octanol–water partition coefficient (Wildman–Crippen LogP) is 19.7. The number of aliphatic hydroxyl groups excluding tert-OH is 2. The van der Waals surface area contributed by atoms with Gasteiger partial charge in [0.1, 0.15) is 11.9 Å². The average molecular weight is 1520 g/mol. The van der Waals surface area contributed by atoms with Gasteiger partial charge in [0.05, 0.1) is 82.6 Å². The minimum Gasteiger partial charge on any atom is -0.469 e. The number of fused-ring (bicyclic) bond motifs is 4. The molecule has 14 rings (SSSR count). The number of sulfone groups is 1. The molecule has 2 N–H and O–H groups in total. The second-order valence-electron chi connectivity index (χ2n) is 28.1. The van der Waals surface area contributed by atoms with Gasteiger partial charge in [0, 0.05) is 172 Å². The van der Waals surface area contributed by atoms with Crippen LogP contribution in [0.2, 0.25) is 10.0 Å². The summed E-state index contributed by atoms with van der Waals surface area (Å²) in [6, 6.07) is 33.8. The van der Waals surface area contributed by atoms with E-state index in [1.165, 1.54) is 7.11 Å². The molecule has 0 unspecified atom stereocenters. The first kappa shape index (κ1) is 79.1. The molecule has 0 spiro atoms. The highest BCUT2D eigenvalue weighted by atomic mass is 35.5. The first-order chi connectivity index (χ1) is 52.4. The lowest BCUT2D eigenvalue weighted by Gasteiger charge is -2.28. The normalized spacial score (nSPS) is 14.4. The second kappa shape index (κ2) is 34.5. The highest BCUT2D eigenvalue weighted by molar-refractivity contribution is 7.92. The minimum absolute atomic E-state index is 0.0154. The molecular formula is C87H84Cl2FN11O7S. The van der Waals surface area contributed by atoms with E-state index >= 15 is 0 Å².